The van der Waals surface area contributed by atoms with Gasteiger partial charge in [0.1, 0.15) is 5.82 Å². The largest absolute Gasteiger partial charge is 0.351 e. The number of hydrogen-bond donors (Lipinski definition) is 2. The maximum atomic E-state index is 5.97. The zero-order chi connectivity index (χ0) is 17.8. The zero-order valence-electron chi connectivity index (χ0n) is 14.3. The van der Waals surface area contributed by atoms with Crippen molar-refractivity contribution in [3.63, 3.8) is 0 Å². The molecule has 132 valence electrons. The van der Waals surface area contributed by atoms with Crippen molar-refractivity contribution in [2.75, 3.05) is 10.6 Å². The number of nitrogens with zero attached hydrogens (tertiary/aromatic N) is 3. The molecule has 2 N–H and O–H groups in total. The smallest absolute Gasteiger partial charge is 0.225 e. The molecule has 0 spiro atoms. The van der Waals surface area contributed by atoms with Gasteiger partial charge in [0.15, 0.2) is 0 Å². The summed E-state index contributed by atoms with van der Waals surface area (Å²) in [6, 6.07) is 13.9. The molecule has 1 saturated carbocycles. The molecule has 1 aromatic carbocycles. The van der Waals surface area contributed by atoms with Gasteiger partial charge in [-0.1, -0.05) is 24.4 Å². The highest BCUT2D eigenvalue weighted by Crippen LogP contribution is 2.26. The van der Waals surface area contributed by atoms with Crippen LogP contribution in [-0.2, 0) is 0 Å². The normalized spacial score (nSPS) is 14.3. The minimum Gasteiger partial charge on any atom is -0.351 e. The van der Waals surface area contributed by atoms with Gasteiger partial charge in [0.25, 0.3) is 0 Å². The molecule has 26 heavy (non-hydrogen) atoms. The fourth-order valence-electron chi connectivity index (χ4n) is 3.17. The molecule has 5 nitrogen and oxygen atoms in total. The number of pyridine rings is 1. The molecule has 2 heterocycles. The van der Waals surface area contributed by atoms with Crippen molar-refractivity contribution in [2.45, 2.75) is 31.7 Å². The summed E-state index contributed by atoms with van der Waals surface area (Å²) < 4.78 is 0. The Morgan fingerprint density at radius 1 is 1.00 bits per heavy atom. The Balaban J connectivity index is 1.65. The lowest BCUT2D eigenvalue weighted by Gasteiger charge is -2.15. The van der Waals surface area contributed by atoms with Crippen LogP contribution in [-0.4, -0.2) is 21.0 Å². The van der Waals surface area contributed by atoms with Gasteiger partial charge < -0.3 is 10.6 Å². The van der Waals surface area contributed by atoms with Crippen molar-refractivity contribution in [3.05, 3.63) is 59.9 Å². The second-order valence-corrected chi connectivity index (χ2v) is 6.90. The van der Waals surface area contributed by atoms with Crippen LogP contribution >= 0.6 is 11.6 Å². The average Bonchev–Trinajstić information content (AvgIpc) is 3.17. The fraction of sp³-hybridized carbons (Fsp3) is 0.250. The highest BCUT2D eigenvalue weighted by molar-refractivity contribution is 6.30. The van der Waals surface area contributed by atoms with Crippen molar-refractivity contribution in [3.8, 4) is 11.3 Å². The maximum absolute atomic E-state index is 5.97. The number of hydrogen-bond acceptors (Lipinski definition) is 5. The predicted molar refractivity (Wildman–Crippen MR) is 106 cm³/mol. The molecular weight excluding hydrogens is 346 g/mol. The lowest BCUT2D eigenvalue weighted by Crippen LogP contribution is -2.17. The molecule has 1 fully saturated rings. The lowest BCUT2D eigenvalue weighted by atomic mass is 10.2. The average molecular weight is 366 g/mol. The quantitative estimate of drug-likeness (QED) is 0.643. The number of halogens is 1. The molecule has 0 saturated heterocycles. The van der Waals surface area contributed by atoms with Gasteiger partial charge in [0, 0.05) is 40.8 Å². The van der Waals surface area contributed by atoms with Crippen LogP contribution in [0.25, 0.3) is 11.3 Å². The number of anilines is 3. The Morgan fingerprint density at radius 2 is 1.81 bits per heavy atom. The Bertz CT molecular complexity index is 861. The number of nitrogens with one attached hydrogen (secondary N) is 2. The third-order valence-electron chi connectivity index (χ3n) is 4.49. The summed E-state index contributed by atoms with van der Waals surface area (Å²) in [5, 5.41) is 7.53. The van der Waals surface area contributed by atoms with Crippen molar-refractivity contribution < 1.29 is 0 Å². The van der Waals surface area contributed by atoms with E-state index >= 15 is 0 Å². The molecule has 0 atom stereocenters. The summed E-state index contributed by atoms with van der Waals surface area (Å²) in [5.74, 6) is 1.39. The number of rotatable bonds is 5. The predicted octanol–water partition coefficient (Wildman–Crippen LogP) is 5.29. The van der Waals surface area contributed by atoms with Crippen molar-refractivity contribution in [1.29, 1.82) is 0 Å². The van der Waals surface area contributed by atoms with Gasteiger partial charge >= 0.3 is 0 Å². The molecule has 0 unspecified atom stereocenters. The molecule has 4 rings (SSSR count). The summed E-state index contributed by atoms with van der Waals surface area (Å²) in [4.78, 5) is 13.6. The standard InChI is InChI=1S/C20H20ClN5/c21-15-7-9-17(10-8-15)23-19-12-18(14-4-3-11-22-13-14)25-20(26-19)24-16-5-1-2-6-16/h3-4,7-13,16H,1-2,5-6H2,(H2,23,24,25,26). The molecule has 0 aliphatic heterocycles. The van der Waals surface area contributed by atoms with E-state index in [2.05, 4.69) is 20.6 Å². The van der Waals surface area contributed by atoms with Crippen LogP contribution in [0.3, 0.4) is 0 Å². The molecule has 1 aliphatic carbocycles. The van der Waals surface area contributed by atoms with Gasteiger partial charge in [0.05, 0.1) is 5.69 Å². The molecule has 6 heteroatoms. The first-order chi connectivity index (χ1) is 12.8. The minimum absolute atomic E-state index is 0.447. The zero-order valence-corrected chi connectivity index (χ0v) is 15.1. The topological polar surface area (TPSA) is 62.7 Å². The molecule has 2 aromatic heterocycles. The molecule has 1 aliphatic rings. The van der Waals surface area contributed by atoms with E-state index in [-0.39, 0.29) is 0 Å². The van der Waals surface area contributed by atoms with Crippen LogP contribution in [0.4, 0.5) is 17.5 Å². The van der Waals surface area contributed by atoms with Crippen LogP contribution in [0.5, 0.6) is 0 Å². The first kappa shape index (κ1) is 16.8. The monoisotopic (exact) mass is 365 g/mol. The SMILES string of the molecule is Clc1ccc(Nc2cc(-c3cccnc3)nc(NC3CCCC3)n2)cc1. The molecular formula is C20H20ClN5. The Kier molecular flexibility index (Phi) is 4.97. The van der Waals surface area contributed by atoms with E-state index in [9.17, 15) is 0 Å². The van der Waals surface area contributed by atoms with E-state index in [4.69, 9.17) is 16.6 Å². The Morgan fingerprint density at radius 3 is 2.54 bits per heavy atom. The first-order valence-electron chi connectivity index (χ1n) is 8.85. The van der Waals surface area contributed by atoms with E-state index in [0.29, 0.717) is 17.0 Å². The Labute approximate surface area is 157 Å². The van der Waals surface area contributed by atoms with Crippen molar-refractivity contribution >= 4 is 29.1 Å². The highest BCUT2D eigenvalue weighted by Gasteiger charge is 2.17. The van der Waals surface area contributed by atoms with Gasteiger partial charge in [-0.15, -0.1) is 0 Å². The molecule has 0 amide bonds. The second-order valence-electron chi connectivity index (χ2n) is 6.46. The molecule has 0 radical (unpaired) electrons. The van der Waals surface area contributed by atoms with E-state index in [1.54, 1.807) is 6.20 Å². The van der Waals surface area contributed by atoms with Gasteiger partial charge in [-0.05, 0) is 49.2 Å². The summed E-state index contributed by atoms with van der Waals surface area (Å²) in [6.07, 6.45) is 8.43. The summed E-state index contributed by atoms with van der Waals surface area (Å²) >= 11 is 5.97. The van der Waals surface area contributed by atoms with E-state index in [1.165, 1.54) is 25.7 Å². The third kappa shape index (κ3) is 4.11. The van der Waals surface area contributed by atoms with Crippen LogP contribution in [0.15, 0.2) is 54.9 Å². The van der Waals surface area contributed by atoms with E-state index in [0.717, 1.165) is 22.8 Å². The van der Waals surface area contributed by atoms with Gasteiger partial charge in [-0.3, -0.25) is 4.98 Å². The summed E-state index contributed by atoms with van der Waals surface area (Å²) in [5.41, 5.74) is 2.73. The third-order valence-corrected chi connectivity index (χ3v) is 4.74. The number of aromatic nitrogens is 3. The summed E-state index contributed by atoms with van der Waals surface area (Å²) in [6.45, 7) is 0. The maximum Gasteiger partial charge on any atom is 0.225 e. The Hall–Kier alpha value is -2.66. The van der Waals surface area contributed by atoms with Gasteiger partial charge in [-0.25, -0.2) is 4.98 Å². The lowest BCUT2D eigenvalue weighted by molar-refractivity contribution is 0.744. The number of benzene rings is 1. The van der Waals surface area contributed by atoms with Crippen LogP contribution in [0, 0.1) is 0 Å². The molecule has 0 bridgehead atoms. The van der Waals surface area contributed by atoms with Crippen LogP contribution in [0.2, 0.25) is 5.02 Å². The highest BCUT2D eigenvalue weighted by atomic mass is 35.5. The molecule has 3 aromatic rings. The van der Waals surface area contributed by atoms with Crippen molar-refractivity contribution in [2.24, 2.45) is 0 Å². The minimum atomic E-state index is 0.447. The van der Waals surface area contributed by atoms with E-state index < -0.39 is 0 Å². The second kappa shape index (κ2) is 7.70. The van der Waals surface area contributed by atoms with Crippen molar-refractivity contribution in [1.82, 2.24) is 15.0 Å². The first-order valence-corrected chi connectivity index (χ1v) is 9.23. The van der Waals surface area contributed by atoms with Crippen LogP contribution in [0.1, 0.15) is 25.7 Å². The summed E-state index contributed by atoms with van der Waals surface area (Å²) in [7, 11) is 0. The van der Waals surface area contributed by atoms with Crippen LogP contribution < -0.4 is 10.6 Å². The van der Waals surface area contributed by atoms with E-state index in [1.807, 2.05) is 48.7 Å². The van der Waals surface area contributed by atoms with Gasteiger partial charge in [-0.2, -0.15) is 4.98 Å². The fourth-order valence-corrected chi connectivity index (χ4v) is 3.30. The van der Waals surface area contributed by atoms with Gasteiger partial charge in [0.2, 0.25) is 5.95 Å².